The van der Waals surface area contributed by atoms with Crippen LogP contribution >= 0.6 is 0 Å². The third kappa shape index (κ3) is 16.4. The molecule has 1 aromatic carbocycles. The van der Waals surface area contributed by atoms with Gasteiger partial charge in [-0.3, -0.25) is 0 Å². The van der Waals surface area contributed by atoms with E-state index in [-0.39, 0.29) is 18.8 Å². The summed E-state index contributed by atoms with van der Waals surface area (Å²) in [5.74, 6) is 0. The van der Waals surface area contributed by atoms with Gasteiger partial charge in [0.25, 0.3) is 0 Å². The molecule has 11 heteroatoms. The van der Waals surface area contributed by atoms with Gasteiger partial charge in [-0.05, 0) is 37.6 Å². The quantitative estimate of drug-likeness (QED) is 0.130. The van der Waals surface area contributed by atoms with Crippen LogP contribution in [0.1, 0.15) is 12.5 Å². The fraction of sp³-hybridized carbons (Fsp3) is 0.778. The molecule has 0 heterocycles. The summed E-state index contributed by atoms with van der Waals surface area (Å²) in [6.07, 6.45) is -0.379. The molecule has 2 unspecified atom stereocenters. The highest BCUT2D eigenvalue weighted by atomic mass is 16.6. The van der Waals surface area contributed by atoms with E-state index < -0.39 is 0 Å². The van der Waals surface area contributed by atoms with Crippen molar-refractivity contribution in [3.05, 3.63) is 23.8 Å². The zero-order valence-corrected chi connectivity index (χ0v) is 23.7. The van der Waals surface area contributed by atoms with E-state index in [2.05, 4.69) is 11.0 Å². The van der Waals surface area contributed by atoms with Crippen molar-refractivity contribution < 1.29 is 43.0 Å². The summed E-state index contributed by atoms with van der Waals surface area (Å²) in [4.78, 5) is 2.21. The number of nitrogen functional groups attached to an aromatic ring is 1. The normalized spacial score (nSPS) is 13.1. The summed E-state index contributed by atoms with van der Waals surface area (Å²) in [7, 11) is 3.32. The zero-order valence-electron chi connectivity index (χ0n) is 23.7. The van der Waals surface area contributed by atoms with Gasteiger partial charge in [0.1, 0.15) is 0 Å². The summed E-state index contributed by atoms with van der Waals surface area (Å²) >= 11 is 0. The minimum Gasteiger partial charge on any atom is -0.399 e. The largest absolute Gasteiger partial charge is 0.399 e. The Hall–Kier alpha value is -1.54. The Balaban J connectivity index is 2.74. The van der Waals surface area contributed by atoms with E-state index >= 15 is 0 Å². The number of nitrogens with two attached hydrogens (primary N) is 1. The van der Waals surface area contributed by atoms with E-state index in [1.165, 1.54) is 0 Å². The molecule has 1 aromatic rings. The Bertz CT molecular complexity index is 684. The van der Waals surface area contributed by atoms with E-state index in [9.17, 15) is 0 Å². The number of aliphatic hydroxyl groups excluding tert-OH is 1. The monoisotopic (exact) mass is 546 g/mol. The van der Waals surface area contributed by atoms with E-state index in [0.717, 1.165) is 16.9 Å². The molecule has 11 nitrogen and oxygen atoms in total. The van der Waals surface area contributed by atoms with E-state index in [0.29, 0.717) is 92.4 Å². The molecule has 0 saturated carbocycles. The minimum atomic E-state index is -0.197. The number of aliphatic hydroxyl groups is 1. The average molecular weight is 547 g/mol. The zero-order chi connectivity index (χ0) is 27.8. The molecular formula is C27H50N2O9. The first-order valence-corrected chi connectivity index (χ1v) is 13.3. The van der Waals surface area contributed by atoms with Crippen LogP contribution in [-0.4, -0.2) is 131 Å². The van der Waals surface area contributed by atoms with Crippen molar-refractivity contribution >= 4 is 11.4 Å². The second-order valence-electron chi connectivity index (χ2n) is 8.60. The maximum atomic E-state index is 8.74. The molecule has 0 aromatic heterocycles. The molecule has 222 valence electrons. The van der Waals surface area contributed by atoms with Gasteiger partial charge in [-0.25, -0.2) is 0 Å². The van der Waals surface area contributed by atoms with Gasteiger partial charge in [-0.2, -0.15) is 0 Å². The van der Waals surface area contributed by atoms with Crippen molar-refractivity contribution in [3.63, 3.8) is 0 Å². The molecule has 0 fully saturated rings. The number of anilines is 2. The SMILES string of the molecule is CCOCCOCCOC(COC)CN(CC(COC)OCCOCCOCCO)c1ccc(N)c(C)c1. The van der Waals surface area contributed by atoms with Gasteiger partial charge in [0, 0.05) is 45.3 Å². The Morgan fingerprint density at radius 2 is 1.26 bits per heavy atom. The molecule has 3 N–H and O–H groups in total. The number of rotatable bonds is 26. The maximum absolute atomic E-state index is 8.74. The highest BCUT2D eigenvalue weighted by Crippen LogP contribution is 2.22. The first-order chi connectivity index (χ1) is 18.5. The molecule has 0 radical (unpaired) electrons. The van der Waals surface area contributed by atoms with E-state index in [1.54, 1.807) is 14.2 Å². The van der Waals surface area contributed by atoms with Crippen molar-refractivity contribution in [2.75, 3.05) is 124 Å². The lowest BCUT2D eigenvalue weighted by Crippen LogP contribution is -2.43. The summed E-state index contributed by atoms with van der Waals surface area (Å²) < 4.78 is 44.7. The standard InChI is InChI=1S/C27H50N2O9/c1-5-33-10-11-35-14-16-37-25(21-31-3)19-29(24-6-7-27(28)23(2)18-24)20-26(22-32-4)38-17-15-36-13-12-34-9-8-30/h6-7,18,25-26,30H,5,8-17,19-22,28H2,1-4H3. The molecular weight excluding hydrogens is 496 g/mol. The van der Waals surface area contributed by atoms with Crippen molar-refractivity contribution in [3.8, 4) is 0 Å². The Kier molecular flexibility index (Phi) is 21.2. The number of benzene rings is 1. The van der Waals surface area contributed by atoms with Crippen LogP contribution in [0.5, 0.6) is 0 Å². The first-order valence-electron chi connectivity index (χ1n) is 13.3. The summed E-state index contributed by atoms with van der Waals surface area (Å²) in [6.45, 7) is 10.7. The summed E-state index contributed by atoms with van der Waals surface area (Å²) in [6, 6.07) is 5.98. The topological polar surface area (TPSA) is 123 Å². The van der Waals surface area contributed by atoms with E-state index in [4.69, 9.17) is 48.7 Å². The van der Waals surface area contributed by atoms with Gasteiger partial charge in [0.15, 0.2) is 0 Å². The maximum Gasteiger partial charge on any atom is 0.0983 e. The van der Waals surface area contributed by atoms with Crippen LogP contribution < -0.4 is 10.6 Å². The van der Waals surface area contributed by atoms with Crippen LogP contribution in [0.4, 0.5) is 11.4 Å². The van der Waals surface area contributed by atoms with Crippen LogP contribution in [0.2, 0.25) is 0 Å². The number of ether oxygens (including phenoxy) is 8. The van der Waals surface area contributed by atoms with Crippen molar-refractivity contribution in [2.24, 2.45) is 0 Å². The van der Waals surface area contributed by atoms with Crippen LogP contribution in [-0.2, 0) is 37.9 Å². The van der Waals surface area contributed by atoms with Gasteiger partial charge in [0.2, 0.25) is 0 Å². The second-order valence-corrected chi connectivity index (χ2v) is 8.60. The number of nitrogens with zero attached hydrogens (tertiary/aromatic N) is 1. The molecule has 0 saturated heterocycles. The lowest BCUT2D eigenvalue weighted by molar-refractivity contribution is -0.0408. The van der Waals surface area contributed by atoms with Crippen molar-refractivity contribution in [2.45, 2.75) is 26.1 Å². The average Bonchev–Trinajstić information content (AvgIpc) is 2.90. The Morgan fingerprint density at radius 1 is 0.763 bits per heavy atom. The molecule has 0 aliphatic carbocycles. The molecule has 2 atom stereocenters. The smallest absolute Gasteiger partial charge is 0.0983 e. The number of hydrogen-bond donors (Lipinski definition) is 2. The summed E-state index contributed by atoms with van der Waals surface area (Å²) in [5, 5.41) is 8.74. The molecule has 1 rings (SSSR count). The summed E-state index contributed by atoms with van der Waals surface area (Å²) in [5.41, 5.74) is 8.83. The Labute approximate surface area is 228 Å². The first kappa shape index (κ1) is 34.5. The molecule has 0 amide bonds. The molecule has 0 spiro atoms. The van der Waals surface area contributed by atoms with Gasteiger partial charge < -0.3 is 53.6 Å². The second kappa shape index (κ2) is 23.4. The fourth-order valence-corrected chi connectivity index (χ4v) is 3.61. The number of methoxy groups -OCH3 is 2. The van der Waals surface area contributed by atoms with Crippen molar-refractivity contribution in [1.29, 1.82) is 0 Å². The molecule has 0 bridgehead atoms. The van der Waals surface area contributed by atoms with Gasteiger partial charge in [0.05, 0.1) is 91.5 Å². The number of hydrogen-bond acceptors (Lipinski definition) is 11. The van der Waals surface area contributed by atoms with E-state index in [1.807, 2.05) is 26.0 Å². The number of aryl methyl sites for hydroxylation is 1. The van der Waals surface area contributed by atoms with Crippen LogP contribution in [0.15, 0.2) is 18.2 Å². The fourth-order valence-electron chi connectivity index (χ4n) is 3.61. The molecule has 0 aliphatic rings. The van der Waals surface area contributed by atoms with Crippen LogP contribution in [0, 0.1) is 6.92 Å². The molecule has 0 aliphatic heterocycles. The third-order valence-electron chi connectivity index (χ3n) is 5.52. The highest BCUT2D eigenvalue weighted by Gasteiger charge is 2.21. The van der Waals surface area contributed by atoms with Gasteiger partial charge >= 0.3 is 0 Å². The van der Waals surface area contributed by atoms with Crippen LogP contribution in [0.3, 0.4) is 0 Å². The van der Waals surface area contributed by atoms with Crippen LogP contribution in [0.25, 0.3) is 0 Å². The van der Waals surface area contributed by atoms with Crippen molar-refractivity contribution in [1.82, 2.24) is 0 Å². The minimum absolute atomic E-state index is 0.00434. The predicted molar refractivity (Wildman–Crippen MR) is 147 cm³/mol. The highest BCUT2D eigenvalue weighted by molar-refractivity contribution is 5.58. The van der Waals surface area contributed by atoms with Gasteiger partial charge in [-0.15, -0.1) is 0 Å². The Morgan fingerprint density at radius 3 is 1.74 bits per heavy atom. The lowest BCUT2D eigenvalue weighted by Gasteiger charge is -2.32. The van der Waals surface area contributed by atoms with Gasteiger partial charge in [-0.1, -0.05) is 0 Å². The lowest BCUT2D eigenvalue weighted by atomic mass is 10.1. The predicted octanol–water partition coefficient (Wildman–Crippen LogP) is 1.53. The molecule has 38 heavy (non-hydrogen) atoms. The third-order valence-corrected chi connectivity index (χ3v) is 5.52.